The van der Waals surface area contributed by atoms with Crippen LogP contribution in [0.5, 0.6) is 0 Å². The van der Waals surface area contributed by atoms with E-state index < -0.39 is 0 Å². The van der Waals surface area contributed by atoms with E-state index in [0.717, 1.165) is 52.1 Å². The summed E-state index contributed by atoms with van der Waals surface area (Å²) in [4.78, 5) is 21.5. The van der Waals surface area contributed by atoms with Crippen molar-refractivity contribution < 1.29 is 4.79 Å². The second-order valence-corrected chi connectivity index (χ2v) is 8.81. The Bertz CT molecular complexity index is 1340. The molecule has 4 aromatic rings. The van der Waals surface area contributed by atoms with Gasteiger partial charge in [0.05, 0.1) is 22.3 Å². The number of rotatable bonds is 3. The Morgan fingerprint density at radius 3 is 2.74 bits per heavy atom. The molecule has 1 aliphatic heterocycles. The van der Waals surface area contributed by atoms with E-state index in [-0.39, 0.29) is 5.91 Å². The molecule has 31 heavy (non-hydrogen) atoms. The van der Waals surface area contributed by atoms with Crippen LogP contribution in [0.1, 0.15) is 26.4 Å². The molecule has 1 N–H and O–H groups in total. The summed E-state index contributed by atoms with van der Waals surface area (Å²) in [5.74, 6) is -0.223. The monoisotopic (exact) mass is 424 g/mol. The quantitative estimate of drug-likeness (QED) is 0.498. The molecule has 5 rings (SSSR count). The predicted molar refractivity (Wildman–Crippen MR) is 124 cm³/mol. The zero-order valence-electron chi connectivity index (χ0n) is 17.1. The van der Waals surface area contributed by atoms with Gasteiger partial charge in [0.1, 0.15) is 11.1 Å². The van der Waals surface area contributed by atoms with Gasteiger partial charge in [-0.2, -0.15) is 5.26 Å². The molecule has 0 radical (unpaired) electrons. The SMILES string of the molecule is CN1CCc2c(sc(NC(=O)c3cc(-c4ccccc4)nc4ccccc34)c2C#N)C1. The Morgan fingerprint density at radius 2 is 1.94 bits per heavy atom. The number of carbonyl (C=O) groups excluding carboxylic acids is 1. The highest BCUT2D eigenvalue weighted by atomic mass is 32.1. The molecule has 2 aromatic carbocycles. The number of benzene rings is 2. The highest BCUT2D eigenvalue weighted by Crippen LogP contribution is 2.37. The molecule has 0 atom stereocenters. The third-order valence-corrected chi connectivity index (χ3v) is 6.75. The number of likely N-dealkylation sites (N-methyl/N-ethyl adjacent to an activating group) is 1. The first-order chi connectivity index (χ1) is 15.1. The summed E-state index contributed by atoms with van der Waals surface area (Å²) in [5, 5.41) is 14.2. The zero-order valence-corrected chi connectivity index (χ0v) is 17.9. The van der Waals surface area contributed by atoms with E-state index in [2.05, 4.69) is 23.3 Å². The van der Waals surface area contributed by atoms with Crippen LogP contribution in [-0.2, 0) is 13.0 Å². The lowest BCUT2D eigenvalue weighted by atomic mass is 10.0. The second-order valence-electron chi connectivity index (χ2n) is 7.70. The van der Waals surface area contributed by atoms with Crippen LogP contribution in [0.25, 0.3) is 22.2 Å². The number of fused-ring (bicyclic) bond motifs is 2. The van der Waals surface area contributed by atoms with Crippen molar-refractivity contribution >= 4 is 33.1 Å². The van der Waals surface area contributed by atoms with Gasteiger partial charge < -0.3 is 10.2 Å². The molecule has 0 fully saturated rings. The second kappa shape index (κ2) is 7.95. The first-order valence-corrected chi connectivity index (χ1v) is 11.0. The first-order valence-electron chi connectivity index (χ1n) is 10.1. The number of nitrogens with one attached hydrogen (secondary N) is 1. The van der Waals surface area contributed by atoms with Crippen LogP contribution in [-0.4, -0.2) is 29.4 Å². The van der Waals surface area contributed by atoms with Crippen molar-refractivity contribution in [1.29, 1.82) is 5.26 Å². The summed E-state index contributed by atoms with van der Waals surface area (Å²) in [6.07, 6.45) is 0.831. The summed E-state index contributed by atoms with van der Waals surface area (Å²) in [7, 11) is 2.07. The maximum Gasteiger partial charge on any atom is 0.257 e. The minimum atomic E-state index is -0.223. The lowest BCUT2D eigenvalue weighted by molar-refractivity contribution is 0.102. The molecule has 0 unspecified atom stereocenters. The standard InChI is InChI=1S/C25H20N4OS/c1-29-12-11-18-20(14-26)25(31-23(18)15-29)28-24(30)19-13-22(16-7-3-2-4-8-16)27-21-10-6-5-9-17(19)21/h2-10,13H,11-12,15H2,1H3,(H,28,30). The Morgan fingerprint density at radius 1 is 1.16 bits per heavy atom. The van der Waals surface area contributed by atoms with Crippen molar-refractivity contribution in [3.05, 3.63) is 82.2 Å². The topological polar surface area (TPSA) is 69.0 Å². The first kappa shape index (κ1) is 19.4. The summed E-state index contributed by atoms with van der Waals surface area (Å²) < 4.78 is 0. The molecule has 1 amide bonds. The van der Waals surface area contributed by atoms with Crippen LogP contribution in [0.15, 0.2) is 60.7 Å². The molecule has 3 heterocycles. The van der Waals surface area contributed by atoms with Gasteiger partial charge in [0.25, 0.3) is 5.91 Å². The third-order valence-electron chi connectivity index (χ3n) is 5.62. The Hall–Kier alpha value is -3.53. The number of thiophene rings is 1. The van der Waals surface area contributed by atoms with Gasteiger partial charge in [-0.25, -0.2) is 4.98 Å². The highest BCUT2D eigenvalue weighted by molar-refractivity contribution is 7.16. The number of hydrogen-bond acceptors (Lipinski definition) is 5. The fraction of sp³-hybridized carbons (Fsp3) is 0.160. The molecule has 1 aliphatic rings. The normalized spacial score (nSPS) is 13.5. The van der Waals surface area contributed by atoms with Crippen LogP contribution in [0.4, 0.5) is 5.00 Å². The number of amides is 1. The van der Waals surface area contributed by atoms with Gasteiger partial charge in [-0.05, 0) is 31.2 Å². The molecule has 0 bridgehead atoms. The highest BCUT2D eigenvalue weighted by Gasteiger charge is 2.24. The number of nitrogens with zero attached hydrogens (tertiary/aromatic N) is 3. The van der Waals surface area contributed by atoms with Crippen LogP contribution in [0, 0.1) is 11.3 Å². The summed E-state index contributed by atoms with van der Waals surface area (Å²) in [5.41, 5.74) is 4.69. The van der Waals surface area contributed by atoms with E-state index in [0.29, 0.717) is 16.1 Å². The van der Waals surface area contributed by atoms with Crippen molar-refractivity contribution in [1.82, 2.24) is 9.88 Å². The summed E-state index contributed by atoms with van der Waals surface area (Å²) >= 11 is 1.51. The molecule has 6 heteroatoms. The number of pyridine rings is 1. The summed E-state index contributed by atoms with van der Waals surface area (Å²) in [6.45, 7) is 1.72. The van der Waals surface area contributed by atoms with E-state index in [1.807, 2.05) is 60.7 Å². The van der Waals surface area contributed by atoms with Crippen molar-refractivity contribution in [3.8, 4) is 17.3 Å². The smallest absolute Gasteiger partial charge is 0.257 e. The fourth-order valence-corrected chi connectivity index (χ4v) is 5.30. The lowest BCUT2D eigenvalue weighted by Crippen LogP contribution is -2.25. The average Bonchev–Trinajstić information content (AvgIpc) is 3.14. The van der Waals surface area contributed by atoms with E-state index in [9.17, 15) is 10.1 Å². The number of hydrogen-bond donors (Lipinski definition) is 1. The predicted octanol–water partition coefficient (Wildman–Crippen LogP) is 5.08. The molecule has 5 nitrogen and oxygen atoms in total. The van der Waals surface area contributed by atoms with Crippen molar-refractivity contribution in [3.63, 3.8) is 0 Å². The van der Waals surface area contributed by atoms with Crippen LogP contribution in [0.3, 0.4) is 0 Å². The number of aromatic nitrogens is 1. The Kier molecular flexibility index (Phi) is 4.99. The van der Waals surface area contributed by atoms with E-state index in [1.165, 1.54) is 11.3 Å². The van der Waals surface area contributed by atoms with Crippen molar-refractivity contribution in [2.75, 3.05) is 18.9 Å². The number of para-hydroxylation sites is 1. The minimum Gasteiger partial charge on any atom is -0.312 e. The zero-order chi connectivity index (χ0) is 21.4. The maximum atomic E-state index is 13.4. The van der Waals surface area contributed by atoms with Gasteiger partial charge in [-0.15, -0.1) is 11.3 Å². The van der Waals surface area contributed by atoms with Gasteiger partial charge in [-0.3, -0.25) is 4.79 Å². The van der Waals surface area contributed by atoms with Gasteiger partial charge in [0.15, 0.2) is 0 Å². The number of nitriles is 1. The van der Waals surface area contributed by atoms with Gasteiger partial charge in [0, 0.05) is 28.9 Å². The molecule has 0 spiro atoms. The molecular weight excluding hydrogens is 404 g/mol. The molecule has 0 aliphatic carbocycles. The van der Waals surface area contributed by atoms with Gasteiger partial charge in [-0.1, -0.05) is 48.5 Å². The molecule has 0 saturated heterocycles. The van der Waals surface area contributed by atoms with Crippen LogP contribution >= 0.6 is 11.3 Å². The molecule has 0 saturated carbocycles. The number of anilines is 1. The van der Waals surface area contributed by atoms with E-state index >= 15 is 0 Å². The fourth-order valence-electron chi connectivity index (χ4n) is 4.03. The summed E-state index contributed by atoms with van der Waals surface area (Å²) in [6, 6.07) is 21.6. The molecule has 152 valence electrons. The third kappa shape index (κ3) is 3.59. The van der Waals surface area contributed by atoms with E-state index in [4.69, 9.17) is 4.98 Å². The lowest BCUT2D eigenvalue weighted by Gasteiger charge is -2.21. The average molecular weight is 425 g/mol. The van der Waals surface area contributed by atoms with Crippen molar-refractivity contribution in [2.45, 2.75) is 13.0 Å². The molecule has 2 aromatic heterocycles. The Balaban J connectivity index is 1.57. The minimum absolute atomic E-state index is 0.223. The van der Waals surface area contributed by atoms with Crippen LogP contribution < -0.4 is 5.32 Å². The Labute approximate surface area is 184 Å². The van der Waals surface area contributed by atoms with E-state index in [1.54, 1.807) is 0 Å². The van der Waals surface area contributed by atoms with Gasteiger partial charge in [0.2, 0.25) is 0 Å². The maximum absolute atomic E-state index is 13.4. The van der Waals surface area contributed by atoms with Crippen LogP contribution in [0.2, 0.25) is 0 Å². The molecular formula is C25H20N4OS. The van der Waals surface area contributed by atoms with Gasteiger partial charge >= 0.3 is 0 Å². The van der Waals surface area contributed by atoms with Crippen molar-refractivity contribution in [2.24, 2.45) is 0 Å². The largest absolute Gasteiger partial charge is 0.312 e. The number of carbonyl (C=O) groups is 1.